The van der Waals surface area contributed by atoms with Gasteiger partial charge in [-0.1, -0.05) is 31.2 Å². The zero-order valence-electron chi connectivity index (χ0n) is 10.1. The summed E-state index contributed by atoms with van der Waals surface area (Å²) in [5.41, 5.74) is 3.75. The summed E-state index contributed by atoms with van der Waals surface area (Å²) < 4.78 is 1.89. The van der Waals surface area contributed by atoms with Crippen LogP contribution in [-0.4, -0.2) is 21.5 Å². The molecule has 3 nitrogen and oxygen atoms in total. The summed E-state index contributed by atoms with van der Waals surface area (Å²) in [6, 6.07) is 8.41. The number of aliphatic hydroxyl groups is 1. The fourth-order valence-electron chi connectivity index (χ4n) is 1.97. The molecular formula is C14H18N2O. The summed E-state index contributed by atoms with van der Waals surface area (Å²) in [4.78, 5) is 0. The first-order valence-corrected chi connectivity index (χ1v) is 6.06. The zero-order chi connectivity index (χ0) is 12.1. The maximum absolute atomic E-state index is 8.79. The maximum atomic E-state index is 8.79. The van der Waals surface area contributed by atoms with Crippen molar-refractivity contribution in [3.63, 3.8) is 0 Å². The van der Waals surface area contributed by atoms with Crippen molar-refractivity contribution in [2.75, 3.05) is 6.61 Å². The molecule has 2 aromatic rings. The molecule has 2 rings (SSSR count). The number of aliphatic hydroxyl groups excluding tert-OH is 1. The highest BCUT2D eigenvalue weighted by Gasteiger charge is 2.05. The highest BCUT2D eigenvalue weighted by molar-refractivity contribution is 5.65. The molecule has 3 heteroatoms. The fraction of sp³-hybridized carbons (Fsp3) is 0.357. The number of benzene rings is 1. The second-order valence-electron chi connectivity index (χ2n) is 4.08. The monoisotopic (exact) mass is 230 g/mol. The van der Waals surface area contributed by atoms with Gasteiger partial charge in [0.2, 0.25) is 0 Å². The van der Waals surface area contributed by atoms with Gasteiger partial charge in [-0.3, -0.25) is 4.68 Å². The normalized spacial score (nSPS) is 10.7. The highest BCUT2D eigenvalue weighted by Crippen LogP contribution is 2.23. The largest absolute Gasteiger partial charge is 0.396 e. The Kier molecular flexibility index (Phi) is 3.94. The number of aryl methyl sites for hydroxylation is 2. The second-order valence-corrected chi connectivity index (χ2v) is 4.08. The van der Waals surface area contributed by atoms with Gasteiger partial charge >= 0.3 is 0 Å². The Morgan fingerprint density at radius 2 is 2.12 bits per heavy atom. The van der Waals surface area contributed by atoms with Crippen LogP contribution >= 0.6 is 0 Å². The third kappa shape index (κ3) is 2.74. The van der Waals surface area contributed by atoms with Crippen LogP contribution in [0.1, 0.15) is 18.9 Å². The summed E-state index contributed by atoms with van der Waals surface area (Å²) in [5, 5.41) is 13.1. The lowest BCUT2D eigenvalue weighted by Crippen LogP contribution is -1.99. The van der Waals surface area contributed by atoms with Crippen molar-refractivity contribution in [3.05, 3.63) is 42.2 Å². The minimum absolute atomic E-state index is 0.209. The first-order valence-electron chi connectivity index (χ1n) is 6.06. The lowest BCUT2D eigenvalue weighted by molar-refractivity contribution is 0.277. The van der Waals surface area contributed by atoms with Crippen molar-refractivity contribution in [1.29, 1.82) is 0 Å². The third-order valence-electron chi connectivity index (χ3n) is 2.89. The summed E-state index contributed by atoms with van der Waals surface area (Å²) in [5.74, 6) is 0. The molecule has 0 saturated carbocycles. The molecule has 0 aliphatic carbocycles. The molecule has 1 N–H and O–H groups in total. The first kappa shape index (κ1) is 11.9. The summed E-state index contributed by atoms with van der Waals surface area (Å²) in [6.07, 6.45) is 5.71. The minimum Gasteiger partial charge on any atom is -0.396 e. The maximum Gasteiger partial charge on any atom is 0.0568 e. The van der Waals surface area contributed by atoms with Crippen LogP contribution in [0.5, 0.6) is 0 Å². The van der Waals surface area contributed by atoms with E-state index in [1.165, 1.54) is 11.1 Å². The van der Waals surface area contributed by atoms with Gasteiger partial charge in [-0.25, -0.2) is 0 Å². The molecule has 0 atom stereocenters. The van der Waals surface area contributed by atoms with Crippen LogP contribution in [0.3, 0.4) is 0 Å². The van der Waals surface area contributed by atoms with Crippen LogP contribution in [-0.2, 0) is 13.0 Å². The van der Waals surface area contributed by atoms with Crippen LogP contribution in [0.25, 0.3) is 11.1 Å². The minimum atomic E-state index is 0.209. The Morgan fingerprint density at radius 3 is 2.88 bits per heavy atom. The average Bonchev–Trinajstić information content (AvgIpc) is 2.85. The van der Waals surface area contributed by atoms with E-state index >= 15 is 0 Å². The van der Waals surface area contributed by atoms with Crippen LogP contribution in [0, 0.1) is 0 Å². The average molecular weight is 230 g/mol. The van der Waals surface area contributed by atoms with E-state index in [1.54, 1.807) is 0 Å². The predicted molar refractivity (Wildman–Crippen MR) is 68.7 cm³/mol. The third-order valence-corrected chi connectivity index (χ3v) is 2.89. The van der Waals surface area contributed by atoms with E-state index < -0.39 is 0 Å². The smallest absolute Gasteiger partial charge is 0.0568 e. The highest BCUT2D eigenvalue weighted by atomic mass is 16.3. The molecule has 0 amide bonds. The first-order chi connectivity index (χ1) is 8.35. The van der Waals surface area contributed by atoms with Crippen molar-refractivity contribution in [3.8, 4) is 11.1 Å². The van der Waals surface area contributed by atoms with Crippen LogP contribution in [0.2, 0.25) is 0 Å². The molecule has 0 fully saturated rings. The Morgan fingerprint density at radius 1 is 1.29 bits per heavy atom. The summed E-state index contributed by atoms with van der Waals surface area (Å²) in [6.45, 7) is 3.14. The van der Waals surface area contributed by atoms with Crippen LogP contribution in [0.4, 0.5) is 0 Å². The topological polar surface area (TPSA) is 38.0 Å². The summed E-state index contributed by atoms with van der Waals surface area (Å²) >= 11 is 0. The van der Waals surface area contributed by atoms with Crippen molar-refractivity contribution < 1.29 is 5.11 Å². The molecule has 0 aliphatic rings. The van der Waals surface area contributed by atoms with E-state index in [0.717, 1.165) is 24.9 Å². The van der Waals surface area contributed by atoms with Crippen molar-refractivity contribution in [2.24, 2.45) is 0 Å². The van der Waals surface area contributed by atoms with Crippen molar-refractivity contribution in [2.45, 2.75) is 26.3 Å². The van der Waals surface area contributed by atoms with Gasteiger partial charge in [0, 0.05) is 24.9 Å². The lowest BCUT2D eigenvalue weighted by atomic mass is 10.0. The number of aromatic nitrogens is 2. The molecule has 1 aromatic carbocycles. The predicted octanol–water partition coefficient (Wildman–Crippen LogP) is 2.49. The molecular weight excluding hydrogens is 212 g/mol. The van der Waals surface area contributed by atoms with Gasteiger partial charge in [0.05, 0.1) is 6.20 Å². The molecule has 0 spiro atoms. The molecule has 0 unspecified atom stereocenters. The van der Waals surface area contributed by atoms with Gasteiger partial charge in [-0.05, 0) is 24.0 Å². The fourth-order valence-corrected chi connectivity index (χ4v) is 1.97. The zero-order valence-corrected chi connectivity index (χ0v) is 10.1. The molecule has 0 aliphatic heterocycles. The molecule has 0 bridgehead atoms. The van der Waals surface area contributed by atoms with E-state index in [-0.39, 0.29) is 6.61 Å². The number of hydrogen-bond donors (Lipinski definition) is 1. The van der Waals surface area contributed by atoms with Crippen LogP contribution < -0.4 is 0 Å². The van der Waals surface area contributed by atoms with Crippen molar-refractivity contribution in [1.82, 2.24) is 9.78 Å². The van der Waals surface area contributed by atoms with Gasteiger partial charge in [0.1, 0.15) is 0 Å². The standard InChI is InChI=1S/C14H18N2O/c1-2-12-6-3-4-7-14(12)13-10-15-16(11-13)8-5-9-17/h3-4,6-7,10-11,17H,2,5,8-9H2,1H3. The quantitative estimate of drug-likeness (QED) is 0.857. The van der Waals surface area contributed by atoms with E-state index in [0.29, 0.717) is 0 Å². The Hall–Kier alpha value is -1.61. The second kappa shape index (κ2) is 5.64. The van der Waals surface area contributed by atoms with E-state index in [9.17, 15) is 0 Å². The molecule has 0 radical (unpaired) electrons. The Balaban J connectivity index is 2.24. The number of hydrogen-bond acceptors (Lipinski definition) is 2. The number of rotatable bonds is 5. The molecule has 1 heterocycles. The lowest BCUT2D eigenvalue weighted by Gasteiger charge is -2.04. The van der Waals surface area contributed by atoms with Crippen molar-refractivity contribution >= 4 is 0 Å². The SMILES string of the molecule is CCc1ccccc1-c1cnn(CCCO)c1. The van der Waals surface area contributed by atoms with Gasteiger partial charge in [-0.15, -0.1) is 0 Å². The van der Waals surface area contributed by atoms with Gasteiger partial charge < -0.3 is 5.11 Å². The molecule has 17 heavy (non-hydrogen) atoms. The molecule has 0 saturated heterocycles. The van der Waals surface area contributed by atoms with E-state index in [2.05, 4.69) is 36.3 Å². The van der Waals surface area contributed by atoms with E-state index in [4.69, 9.17) is 5.11 Å². The molecule has 1 aromatic heterocycles. The molecule has 90 valence electrons. The Bertz CT molecular complexity index is 477. The number of nitrogens with zero attached hydrogens (tertiary/aromatic N) is 2. The summed E-state index contributed by atoms with van der Waals surface area (Å²) in [7, 11) is 0. The van der Waals surface area contributed by atoms with Crippen LogP contribution in [0.15, 0.2) is 36.7 Å². The van der Waals surface area contributed by atoms with Gasteiger partial charge in [0.25, 0.3) is 0 Å². The van der Waals surface area contributed by atoms with Gasteiger partial charge in [-0.2, -0.15) is 5.10 Å². The van der Waals surface area contributed by atoms with E-state index in [1.807, 2.05) is 17.1 Å². The van der Waals surface area contributed by atoms with Gasteiger partial charge in [0.15, 0.2) is 0 Å². The Labute approximate surface area is 102 Å².